The summed E-state index contributed by atoms with van der Waals surface area (Å²) in [6.45, 7) is 5.58. The summed E-state index contributed by atoms with van der Waals surface area (Å²) in [7, 11) is 1.36. The number of ether oxygens (including phenoxy) is 1. The Hall–Kier alpha value is -2.31. The van der Waals surface area contributed by atoms with Crippen molar-refractivity contribution in [1.29, 1.82) is 0 Å². The van der Waals surface area contributed by atoms with E-state index in [0.29, 0.717) is 17.8 Å². The van der Waals surface area contributed by atoms with Crippen LogP contribution in [0.1, 0.15) is 50.9 Å². The monoisotopic (exact) mass is 334 g/mol. The molecule has 1 aromatic heterocycles. The molecule has 0 spiro atoms. The molecule has 0 aliphatic rings. The fourth-order valence-electron chi connectivity index (χ4n) is 2.79. The second kappa shape index (κ2) is 7.51. The van der Waals surface area contributed by atoms with Crippen LogP contribution in [0, 0.1) is 12.7 Å². The van der Waals surface area contributed by atoms with Crippen molar-refractivity contribution >= 4 is 5.97 Å². The number of halogens is 1. The zero-order chi connectivity index (χ0) is 17.7. The topological polar surface area (TPSA) is 69.9 Å². The largest absolute Gasteiger partial charge is 0.468 e. The zero-order valence-electron chi connectivity index (χ0n) is 14.5. The number of aromatic nitrogens is 4. The molecule has 0 N–H and O–H groups in total. The summed E-state index contributed by atoms with van der Waals surface area (Å²) in [5.74, 6) is -0.349. The maximum Gasteiger partial charge on any atom is 0.315 e. The Morgan fingerprint density at radius 1 is 1.38 bits per heavy atom. The molecule has 2 rings (SSSR count). The smallest absolute Gasteiger partial charge is 0.315 e. The number of hydrogen-bond acceptors (Lipinski definition) is 5. The van der Waals surface area contributed by atoms with Gasteiger partial charge in [-0.25, -0.2) is 4.39 Å². The molecule has 0 saturated carbocycles. The van der Waals surface area contributed by atoms with Crippen LogP contribution in [0.15, 0.2) is 18.2 Å². The Morgan fingerprint density at radius 2 is 2.12 bits per heavy atom. The minimum absolute atomic E-state index is 0.252. The van der Waals surface area contributed by atoms with Gasteiger partial charge in [-0.05, 0) is 48.4 Å². The summed E-state index contributed by atoms with van der Waals surface area (Å²) in [5.41, 5.74) is -0.0293. The summed E-state index contributed by atoms with van der Waals surface area (Å²) >= 11 is 0. The van der Waals surface area contributed by atoms with Crippen LogP contribution in [0.25, 0.3) is 5.69 Å². The number of carbonyl (C=O) groups is 1. The van der Waals surface area contributed by atoms with Crippen LogP contribution in [0.3, 0.4) is 0 Å². The molecule has 0 amide bonds. The van der Waals surface area contributed by atoms with E-state index < -0.39 is 11.2 Å². The van der Waals surface area contributed by atoms with Gasteiger partial charge in [0.05, 0.1) is 12.5 Å². The number of hydrogen-bond donors (Lipinski definition) is 0. The SMILES string of the molecule is CCCCCC(C)(C(=O)OC)c1ccc(-n2nnnc2C)c(F)c1. The molecule has 1 atom stereocenters. The second-order valence-corrected chi connectivity index (χ2v) is 6.08. The van der Waals surface area contributed by atoms with Gasteiger partial charge in [0.2, 0.25) is 0 Å². The summed E-state index contributed by atoms with van der Waals surface area (Å²) < 4.78 is 20.9. The summed E-state index contributed by atoms with van der Waals surface area (Å²) in [5, 5.41) is 11.1. The molecule has 0 aliphatic heterocycles. The highest BCUT2D eigenvalue weighted by atomic mass is 19.1. The molecule has 1 unspecified atom stereocenters. The number of nitrogens with zero attached hydrogens (tertiary/aromatic N) is 4. The minimum atomic E-state index is -0.876. The molecule has 130 valence electrons. The van der Waals surface area contributed by atoms with Crippen molar-refractivity contribution in [2.24, 2.45) is 0 Å². The minimum Gasteiger partial charge on any atom is -0.468 e. The molecule has 0 saturated heterocycles. The molecule has 24 heavy (non-hydrogen) atoms. The molecule has 0 fully saturated rings. The number of unbranched alkanes of at least 4 members (excludes halogenated alkanes) is 2. The third-order valence-electron chi connectivity index (χ3n) is 4.35. The van der Waals surface area contributed by atoms with Gasteiger partial charge in [-0.1, -0.05) is 32.3 Å². The Morgan fingerprint density at radius 3 is 2.67 bits per heavy atom. The number of carbonyl (C=O) groups excluding carboxylic acids is 1. The third-order valence-corrected chi connectivity index (χ3v) is 4.35. The van der Waals surface area contributed by atoms with Crippen LogP contribution < -0.4 is 0 Å². The number of benzene rings is 1. The Labute approximate surface area is 141 Å². The standard InChI is InChI=1S/C17H23FN4O2/c1-5-6-7-10-17(3,16(23)24-4)13-8-9-15(14(18)11-13)22-12(2)19-20-21-22/h8-9,11H,5-7,10H2,1-4H3. The Kier molecular flexibility index (Phi) is 5.64. The van der Waals surface area contributed by atoms with Gasteiger partial charge in [0.15, 0.2) is 5.82 Å². The van der Waals surface area contributed by atoms with Crippen LogP contribution in [-0.2, 0) is 14.9 Å². The summed E-state index contributed by atoms with van der Waals surface area (Å²) in [4.78, 5) is 12.3. The van der Waals surface area contributed by atoms with E-state index in [1.807, 2.05) is 0 Å². The molecule has 7 heteroatoms. The van der Waals surface area contributed by atoms with Crippen molar-refractivity contribution in [3.8, 4) is 5.69 Å². The molecule has 0 bridgehead atoms. The van der Waals surface area contributed by atoms with Crippen molar-refractivity contribution in [2.75, 3.05) is 7.11 Å². The van der Waals surface area contributed by atoms with E-state index in [2.05, 4.69) is 22.4 Å². The molecule has 2 aromatic rings. The average molecular weight is 334 g/mol. The molecule has 1 heterocycles. The lowest BCUT2D eigenvalue weighted by Crippen LogP contribution is -2.34. The molecule has 1 aromatic carbocycles. The number of esters is 1. The highest BCUT2D eigenvalue weighted by Gasteiger charge is 2.36. The van der Waals surface area contributed by atoms with E-state index >= 15 is 0 Å². The quantitative estimate of drug-likeness (QED) is 0.575. The fourth-order valence-corrected chi connectivity index (χ4v) is 2.79. The average Bonchev–Trinajstić information content (AvgIpc) is 2.99. The number of rotatable bonds is 7. The third kappa shape index (κ3) is 3.44. The first-order valence-electron chi connectivity index (χ1n) is 8.07. The van der Waals surface area contributed by atoms with Gasteiger partial charge in [0.25, 0.3) is 0 Å². The number of aryl methyl sites for hydroxylation is 1. The number of methoxy groups -OCH3 is 1. The van der Waals surface area contributed by atoms with Gasteiger partial charge in [-0.3, -0.25) is 4.79 Å². The Bertz CT molecular complexity index is 716. The van der Waals surface area contributed by atoms with E-state index in [9.17, 15) is 9.18 Å². The predicted molar refractivity (Wildman–Crippen MR) is 87.4 cm³/mol. The Balaban J connectivity index is 2.39. The van der Waals surface area contributed by atoms with E-state index in [-0.39, 0.29) is 11.7 Å². The van der Waals surface area contributed by atoms with Gasteiger partial charge in [-0.2, -0.15) is 4.68 Å². The van der Waals surface area contributed by atoms with Crippen molar-refractivity contribution < 1.29 is 13.9 Å². The summed E-state index contributed by atoms with van der Waals surface area (Å²) in [6, 6.07) is 4.71. The maximum absolute atomic E-state index is 14.6. The van der Waals surface area contributed by atoms with Gasteiger partial charge < -0.3 is 4.74 Å². The van der Waals surface area contributed by atoms with Gasteiger partial charge in [0, 0.05) is 0 Å². The first kappa shape index (κ1) is 18.0. The lowest BCUT2D eigenvalue weighted by Gasteiger charge is -2.27. The molecule has 0 radical (unpaired) electrons. The lowest BCUT2D eigenvalue weighted by atomic mass is 9.78. The van der Waals surface area contributed by atoms with Crippen LogP contribution in [0.4, 0.5) is 4.39 Å². The fraction of sp³-hybridized carbons (Fsp3) is 0.529. The highest BCUT2D eigenvalue weighted by molar-refractivity contribution is 5.82. The molecule has 6 nitrogen and oxygen atoms in total. The maximum atomic E-state index is 14.6. The zero-order valence-corrected chi connectivity index (χ0v) is 14.5. The highest BCUT2D eigenvalue weighted by Crippen LogP contribution is 2.33. The first-order chi connectivity index (χ1) is 11.4. The van der Waals surface area contributed by atoms with Crippen molar-refractivity contribution in [3.63, 3.8) is 0 Å². The van der Waals surface area contributed by atoms with Crippen molar-refractivity contribution in [3.05, 3.63) is 35.4 Å². The van der Waals surface area contributed by atoms with Crippen LogP contribution >= 0.6 is 0 Å². The van der Waals surface area contributed by atoms with Crippen LogP contribution in [0.5, 0.6) is 0 Å². The van der Waals surface area contributed by atoms with Gasteiger partial charge in [-0.15, -0.1) is 5.10 Å². The van der Waals surface area contributed by atoms with Gasteiger partial charge >= 0.3 is 5.97 Å². The normalized spacial score (nSPS) is 13.5. The van der Waals surface area contributed by atoms with E-state index in [1.54, 1.807) is 26.0 Å². The van der Waals surface area contributed by atoms with E-state index in [4.69, 9.17) is 4.74 Å². The first-order valence-corrected chi connectivity index (χ1v) is 8.07. The van der Waals surface area contributed by atoms with Crippen molar-refractivity contribution in [2.45, 2.75) is 51.9 Å². The number of tetrazole rings is 1. The van der Waals surface area contributed by atoms with Crippen LogP contribution in [-0.4, -0.2) is 33.3 Å². The molecular weight excluding hydrogens is 311 g/mol. The summed E-state index contributed by atoms with van der Waals surface area (Å²) in [6.07, 6.45) is 3.54. The van der Waals surface area contributed by atoms with Crippen molar-refractivity contribution in [1.82, 2.24) is 20.2 Å². The lowest BCUT2D eigenvalue weighted by molar-refractivity contribution is -0.147. The van der Waals surface area contributed by atoms with E-state index in [1.165, 1.54) is 17.9 Å². The molecule has 0 aliphatic carbocycles. The molecular formula is C17H23FN4O2. The second-order valence-electron chi connectivity index (χ2n) is 6.08. The van der Waals surface area contributed by atoms with E-state index in [0.717, 1.165) is 19.3 Å². The van der Waals surface area contributed by atoms with Gasteiger partial charge in [0.1, 0.15) is 11.5 Å². The van der Waals surface area contributed by atoms with Crippen LogP contribution in [0.2, 0.25) is 0 Å². The predicted octanol–water partition coefficient (Wildman–Crippen LogP) is 3.12.